The molecule has 0 aliphatic rings. The molecule has 0 aliphatic carbocycles. The van der Waals surface area contributed by atoms with E-state index in [-0.39, 0.29) is 47.3 Å². The summed E-state index contributed by atoms with van der Waals surface area (Å²) >= 11 is 11.9. The average Bonchev–Trinajstić information content (AvgIpc) is 3.07. The second kappa shape index (κ2) is 22.0. The maximum Gasteiger partial charge on any atom is 0.244 e. The first-order valence-electron chi connectivity index (χ1n) is 15.2. The van der Waals surface area contributed by atoms with Gasteiger partial charge in [-0.05, 0) is 35.4 Å². The third-order valence-electron chi connectivity index (χ3n) is 6.85. The first kappa shape index (κ1) is 45.0. The standard InChI is InChI=1S/C17H24N4O6S2.C14H19N3O5S/c1-8(22)19-12(7-29)17(27)20-10(16(26)21-11(6-28)15(18)25)4-9-2-3-13(23)14(24)5-9;1-7(18)16-10(6-23)14(22)17-9(13(15)21)4-8-2-3-11(19)12(20)5-8/h2-3,5,10-12,23-24,28-29H,4,6-7H2,1H3,(H2,18,25)(H,19,22)(H,20,27)(H,21,26);2-3,5,9-10,19-20,23H,4,6H2,1H3,(H2,15,21)(H,16,18)(H,17,22). The molecule has 0 radical (unpaired) electrons. The maximum atomic E-state index is 12.7. The van der Waals surface area contributed by atoms with Crippen LogP contribution in [0.25, 0.3) is 0 Å². The van der Waals surface area contributed by atoms with E-state index in [2.05, 4.69) is 64.5 Å². The van der Waals surface area contributed by atoms with Crippen LogP contribution < -0.4 is 38.1 Å². The summed E-state index contributed by atoms with van der Waals surface area (Å²) in [6, 6.07) is 2.77. The molecule has 0 saturated heterocycles. The highest BCUT2D eigenvalue weighted by Crippen LogP contribution is 2.26. The largest absolute Gasteiger partial charge is 0.504 e. The molecule has 52 heavy (non-hydrogen) atoms. The predicted molar refractivity (Wildman–Crippen MR) is 198 cm³/mol. The molecule has 0 aromatic heterocycles. The van der Waals surface area contributed by atoms with Gasteiger partial charge in [0.2, 0.25) is 41.4 Å². The Hall–Kier alpha value is -5.02. The molecule has 0 aliphatic heterocycles. The third kappa shape index (κ3) is 15.5. The predicted octanol–water partition coefficient (Wildman–Crippen LogP) is -2.50. The quantitative estimate of drug-likeness (QED) is 0.0588. The van der Waals surface area contributed by atoms with Crippen molar-refractivity contribution in [3.05, 3.63) is 47.5 Å². The van der Waals surface area contributed by atoms with Crippen molar-refractivity contribution in [2.75, 3.05) is 17.3 Å². The van der Waals surface area contributed by atoms with Crippen LogP contribution in [0.1, 0.15) is 25.0 Å². The summed E-state index contributed by atoms with van der Waals surface area (Å²) in [4.78, 5) is 82.4. The number of rotatable bonds is 17. The van der Waals surface area contributed by atoms with Crippen molar-refractivity contribution in [2.24, 2.45) is 11.5 Å². The molecule has 2 aromatic rings. The molecule has 18 nitrogen and oxygen atoms in total. The van der Waals surface area contributed by atoms with E-state index in [9.17, 15) is 54.0 Å². The molecule has 0 spiro atoms. The number of carbonyl (C=O) groups excluding carboxylic acids is 7. The summed E-state index contributed by atoms with van der Waals surface area (Å²) < 4.78 is 0. The fourth-order valence-electron chi connectivity index (χ4n) is 4.20. The normalized spacial score (nSPS) is 13.3. The number of hydrogen-bond donors (Lipinski definition) is 14. The molecule has 21 heteroatoms. The summed E-state index contributed by atoms with van der Waals surface area (Å²) in [5.74, 6) is -5.80. The van der Waals surface area contributed by atoms with Gasteiger partial charge in [-0.1, -0.05) is 12.1 Å². The monoisotopic (exact) mass is 785 g/mol. The van der Waals surface area contributed by atoms with Crippen LogP contribution in [0.3, 0.4) is 0 Å². The van der Waals surface area contributed by atoms with E-state index < -0.39 is 77.3 Å². The van der Waals surface area contributed by atoms with Crippen LogP contribution in [0.5, 0.6) is 23.0 Å². The molecule has 5 atom stereocenters. The Balaban J connectivity index is 0.000000534. The average molecular weight is 786 g/mol. The van der Waals surface area contributed by atoms with Gasteiger partial charge in [-0.15, -0.1) is 0 Å². The van der Waals surface area contributed by atoms with Crippen LogP contribution in [-0.2, 0) is 46.4 Å². The van der Waals surface area contributed by atoms with Gasteiger partial charge in [0.05, 0.1) is 0 Å². The smallest absolute Gasteiger partial charge is 0.244 e. The second-order valence-corrected chi connectivity index (χ2v) is 12.2. The molecule has 13 N–H and O–H groups in total. The molecule has 286 valence electrons. The number of benzene rings is 2. The molecule has 0 fully saturated rings. The van der Waals surface area contributed by atoms with Gasteiger partial charge in [-0.2, -0.15) is 37.9 Å². The number of amides is 7. The van der Waals surface area contributed by atoms with Crippen molar-refractivity contribution in [3.8, 4) is 23.0 Å². The number of nitrogens with two attached hydrogens (primary N) is 2. The maximum absolute atomic E-state index is 12.7. The minimum atomic E-state index is -1.18. The zero-order valence-electron chi connectivity index (χ0n) is 28.0. The molecular formula is C31H43N7O11S3. The molecule has 2 aromatic carbocycles. The van der Waals surface area contributed by atoms with Gasteiger partial charge in [-0.3, -0.25) is 33.6 Å². The van der Waals surface area contributed by atoms with Crippen LogP contribution in [0.2, 0.25) is 0 Å². The minimum Gasteiger partial charge on any atom is -0.504 e. The Morgan fingerprint density at radius 2 is 0.846 bits per heavy atom. The van der Waals surface area contributed by atoms with Gasteiger partial charge in [0, 0.05) is 43.9 Å². The summed E-state index contributed by atoms with van der Waals surface area (Å²) in [6.07, 6.45) is -0.0584. The molecule has 2 rings (SSSR count). The van der Waals surface area contributed by atoms with E-state index in [1.807, 2.05) is 0 Å². The number of carbonyl (C=O) groups is 7. The van der Waals surface area contributed by atoms with Crippen molar-refractivity contribution in [1.29, 1.82) is 0 Å². The van der Waals surface area contributed by atoms with Gasteiger partial charge in [0.25, 0.3) is 0 Å². The summed E-state index contributed by atoms with van der Waals surface area (Å²) in [6.45, 7) is 2.49. The highest BCUT2D eigenvalue weighted by atomic mass is 32.1. The molecular weight excluding hydrogens is 743 g/mol. The van der Waals surface area contributed by atoms with Crippen LogP contribution >= 0.6 is 37.9 Å². The van der Waals surface area contributed by atoms with Gasteiger partial charge >= 0.3 is 0 Å². The zero-order valence-corrected chi connectivity index (χ0v) is 30.7. The van der Waals surface area contributed by atoms with Crippen molar-refractivity contribution in [1.82, 2.24) is 26.6 Å². The second-order valence-electron chi connectivity index (χ2n) is 11.1. The van der Waals surface area contributed by atoms with E-state index >= 15 is 0 Å². The highest BCUT2D eigenvalue weighted by Gasteiger charge is 2.29. The molecule has 0 bridgehead atoms. The Bertz CT molecular complexity index is 1620. The van der Waals surface area contributed by atoms with Crippen molar-refractivity contribution in [3.63, 3.8) is 0 Å². The summed E-state index contributed by atoms with van der Waals surface area (Å²) in [5, 5.41) is 49.9. The van der Waals surface area contributed by atoms with E-state index in [0.717, 1.165) is 0 Å². The van der Waals surface area contributed by atoms with E-state index in [1.165, 1.54) is 50.2 Å². The van der Waals surface area contributed by atoms with Crippen LogP contribution in [-0.4, -0.2) is 109 Å². The number of thiol groups is 3. The molecule has 0 heterocycles. The lowest BCUT2D eigenvalue weighted by molar-refractivity contribution is -0.132. The van der Waals surface area contributed by atoms with Gasteiger partial charge in [0.1, 0.15) is 30.2 Å². The van der Waals surface area contributed by atoms with Crippen molar-refractivity contribution in [2.45, 2.75) is 56.9 Å². The van der Waals surface area contributed by atoms with Crippen LogP contribution in [0, 0.1) is 0 Å². The summed E-state index contributed by atoms with van der Waals surface area (Å²) in [7, 11) is 0. The molecule has 7 amide bonds. The third-order valence-corrected chi connectivity index (χ3v) is 7.94. The Labute approximate surface area is 315 Å². The number of nitrogens with one attached hydrogen (secondary N) is 5. The number of phenols is 4. The van der Waals surface area contributed by atoms with E-state index in [0.29, 0.717) is 11.1 Å². The van der Waals surface area contributed by atoms with Crippen LogP contribution in [0.15, 0.2) is 36.4 Å². The Kier molecular flexibility index (Phi) is 19.1. The Morgan fingerprint density at radius 3 is 1.17 bits per heavy atom. The van der Waals surface area contributed by atoms with Crippen LogP contribution in [0.4, 0.5) is 0 Å². The fraction of sp³-hybridized carbons (Fsp3) is 0.387. The van der Waals surface area contributed by atoms with E-state index in [1.54, 1.807) is 0 Å². The van der Waals surface area contributed by atoms with Gasteiger partial charge in [0.15, 0.2) is 23.0 Å². The summed E-state index contributed by atoms with van der Waals surface area (Å²) in [5.41, 5.74) is 11.4. The fourth-order valence-corrected chi connectivity index (χ4v) is 4.98. The first-order valence-corrected chi connectivity index (χ1v) is 17.1. The SMILES string of the molecule is CC(=O)NC(CS)C(=O)NC(Cc1ccc(O)c(O)c1)C(=O)NC(CS)C(N)=O.CC(=O)NC(CS)C(=O)NC(Cc1ccc(O)c(O)c1)C(N)=O. The highest BCUT2D eigenvalue weighted by molar-refractivity contribution is 7.80. The molecule has 0 saturated carbocycles. The van der Waals surface area contributed by atoms with Crippen molar-refractivity contribution >= 4 is 79.2 Å². The Morgan fingerprint density at radius 1 is 0.519 bits per heavy atom. The van der Waals surface area contributed by atoms with Gasteiger partial charge < -0.3 is 58.5 Å². The number of aromatic hydroxyl groups is 4. The lowest BCUT2D eigenvalue weighted by atomic mass is 10.0. The lowest BCUT2D eigenvalue weighted by Crippen LogP contribution is -2.57. The zero-order chi connectivity index (χ0) is 39.7. The molecule has 5 unspecified atom stereocenters. The lowest BCUT2D eigenvalue weighted by Gasteiger charge is -2.24. The number of phenolic OH excluding ortho intramolecular Hbond substituents is 4. The number of hydrogen-bond acceptors (Lipinski definition) is 14. The van der Waals surface area contributed by atoms with Crippen molar-refractivity contribution < 1.29 is 54.0 Å². The number of primary amides is 2. The van der Waals surface area contributed by atoms with Gasteiger partial charge in [-0.25, -0.2) is 0 Å². The van der Waals surface area contributed by atoms with E-state index in [4.69, 9.17) is 11.5 Å². The minimum absolute atomic E-state index is 0.0136. The first-order chi connectivity index (χ1) is 24.3. The topological polar surface area (TPSA) is 313 Å².